The number of rotatable bonds is 3. The zero-order valence-electron chi connectivity index (χ0n) is 10.7. The zero-order chi connectivity index (χ0) is 15.1. The predicted molar refractivity (Wildman–Crippen MR) is 77.4 cm³/mol. The quantitative estimate of drug-likeness (QED) is 0.729. The van der Waals surface area contributed by atoms with Crippen molar-refractivity contribution in [3.8, 4) is 0 Å². The molecule has 0 aliphatic rings. The summed E-state index contributed by atoms with van der Waals surface area (Å²) in [5, 5.41) is 6.51. The van der Waals surface area contributed by atoms with Crippen molar-refractivity contribution in [1.29, 1.82) is 0 Å². The third kappa shape index (κ3) is 2.63. The van der Waals surface area contributed by atoms with E-state index in [9.17, 15) is 12.8 Å². The molecule has 0 amide bonds. The summed E-state index contributed by atoms with van der Waals surface area (Å²) in [6.07, 6.45) is 0. The van der Waals surface area contributed by atoms with Crippen LogP contribution in [0.2, 0.25) is 0 Å². The summed E-state index contributed by atoms with van der Waals surface area (Å²) in [6.45, 7) is 3.29. The van der Waals surface area contributed by atoms with E-state index in [1.807, 2.05) is 0 Å². The highest BCUT2D eigenvalue weighted by atomic mass is 79.9. The molecule has 0 fully saturated rings. The molecule has 4 N–H and O–H groups in total. The Hall–Kier alpha value is -1.61. The fourth-order valence-electron chi connectivity index (χ4n) is 1.64. The average Bonchev–Trinajstić information content (AvgIpc) is 2.65. The van der Waals surface area contributed by atoms with E-state index in [1.54, 1.807) is 13.8 Å². The molecule has 2 rings (SSSR count). The van der Waals surface area contributed by atoms with Crippen LogP contribution in [0.5, 0.6) is 0 Å². The van der Waals surface area contributed by atoms with Crippen molar-refractivity contribution in [1.82, 2.24) is 10.2 Å². The second kappa shape index (κ2) is 5.06. The largest absolute Gasteiger partial charge is 0.398 e. The number of hydrogen-bond acceptors (Lipinski definition) is 4. The minimum absolute atomic E-state index is 0.132. The van der Waals surface area contributed by atoms with Crippen LogP contribution in [0.1, 0.15) is 11.4 Å². The Morgan fingerprint density at radius 1 is 1.40 bits per heavy atom. The van der Waals surface area contributed by atoms with Gasteiger partial charge in [-0.3, -0.25) is 9.82 Å². The van der Waals surface area contributed by atoms with Crippen LogP contribution in [0.3, 0.4) is 0 Å². The SMILES string of the molecule is Cc1n[nH]c(C)c1NS(=O)(=O)c1cc(N)c(Br)cc1F. The maximum Gasteiger partial charge on any atom is 0.265 e. The molecule has 2 aromatic rings. The van der Waals surface area contributed by atoms with Crippen LogP contribution in [0, 0.1) is 19.7 Å². The zero-order valence-corrected chi connectivity index (χ0v) is 13.1. The van der Waals surface area contributed by atoms with Gasteiger partial charge in [-0.1, -0.05) is 0 Å². The van der Waals surface area contributed by atoms with Crippen LogP contribution < -0.4 is 10.5 Å². The van der Waals surface area contributed by atoms with Gasteiger partial charge in [-0.25, -0.2) is 12.8 Å². The average molecular weight is 363 g/mol. The number of halogens is 2. The van der Waals surface area contributed by atoms with Crippen LogP contribution in [0.25, 0.3) is 0 Å². The van der Waals surface area contributed by atoms with Crippen LogP contribution in [-0.4, -0.2) is 18.6 Å². The number of H-pyrrole nitrogens is 1. The normalized spacial score (nSPS) is 11.6. The summed E-state index contributed by atoms with van der Waals surface area (Å²) in [5.74, 6) is -0.891. The number of nitrogen functional groups attached to an aromatic ring is 1. The molecule has 1 heterocycles. The summed E-state index contributed by atoms with van der Waals surface area (Å²) in [4.78, 5) is -0.516. The molecule has 9 heteroatoms. The molecule has 6 nitrogen and oxygen atoms in total. The minimum atomic E-state index is -4.08. The Bertz CT molecular complexity index is 753. The van der Waals surface area contributed by atoms with Gasteiger partial charge in [0.2, 0.25) is 0 Å². The van der Waals surface area contributed by atoms with Gasteiger partial charge in [0.25, 0.3) is 10.0 Å². The van der Waals surface area contributed by atoms with E-state index in [1.165, 1.54) is 0 Å². The second-order valence-corrected chi connectivity index (χ2v) is 6.72. The molecule has 0 aliphatic heterocycles. The number of benzene rings is 1. The van der Waals surface area contributed by atoms with Gasteiger partial charge in [0.1, 0.15) is 10.7 Å². The number of nitrogens with one attached hydrogen (secondary N) is 2. The van der Waals surface area contributed by atoms with Crippen molar-refractivity contribution in [2.45, 2.75) is 18.7 Å². The van der Waals surface area contributed by atoms with Crippen molar-refractivity contribution in [3.63, 3.8) is 0 Å². The second-order valence-electron chi connectivity index (χ2n) is 4.22. The Morgan fingerprint density at radius 2 is 2.05 bits per heavy atom. The highest BCUT2D eigenvalue weighted by Crippen LogP contribution is 2.28. The van der Waals surface area contributed by atoms with Gasteiger partial charge in [0.05, 0.1) is 17.1 Å². The van der Waals surface area contributed by atoms with E-state index in [0.29, 0.717) is 21.5 Å². The first kappa shape index (κ1) is 14.8. The van der Waals surface area contributed by atoms with Crippen LogP contribution >= 0.6 is 15.9 Å². The predicted octanol–water partition coefficient (Wildman–Crippen LogP) is 2.31. The number of nitrogens with zero attached hydrogens (tertiary/aromatic N) is 1. The smallest absolute Gasteiger partial charge is 0.265 e. The number of anilines is 2. The van der Waals surface area contributed by atoms with E-state index in [4.69, 9.17) is 5.73 Å². The molecule has 0 saturated heterocycles. The Morgan fingerprint density at radius 3 is 2.60 bits per heavy atom. The summed E-state index contributed by atoms with van der Waals surface area (Å²) >= 11 is 3.04. The molecule has 0 spiro atoms. The highest BCUT2D eigenvalue weighted by molar-refractivity contribution is 9.10. The fourth-order valence-corrected chi connectivity index (χ4v) is 3.23. The molecule has 0 bridgehead atoms. The first-order valence-electron chi connectivity index (χ1n) is 5.51. The van der Waals surface area contributed by atoms with Gasteiger partial charge in [-0.05, 0) is 41.9 Å². The molecule has 0 saturated carbocycles. The molecule has 108 valence electrons. The van der Waals surface area contributed by atoms with Crippen molar-refractivity contribution >= 4 is 37.3 Å². The summed E-state index contributed by atoms with van der Waals surface area (Å²) in [5.41, 5.74) is 7.03. The van der Waals surface area contributed by atoms with E-state index in [-0.39, 0.29) is 5.69 Å². The molecule has 0 aliphatic carbocycles. The van der Waals surface area contributed by atoms with E-state index in [2.05, 4.69) is 30.8 Å². The topological polar surface area (TPSA) is 101 Å². The number of hydrogen-bond donors (Lipinski definition) is 3. The van der Waals surface area contributed by atoms with E-state index >= 15 is 0 Å². The number of aromatic amines is 1. The maximum absolute atomic E-state index is 13.8. The molecular formula is C11H12BrFN4O2S. The van der Waals surface area contributed by atoms with Gasteiger partial charge in [-0.15, -0.1) is 0 Å². The van der Waals surface area contributed by atoms with Crippen LogP contribution in [0.15, 0.2) is 21.5 Å². The lowest BCUT2D eigenvalue weighted by Crippen LogP contribution is -2.16. The highest BCUT2D eigenvalue weighted by Gasteiger charge is 2.23. The van der Waals surface area contributed by atoms with Gasteiger partial charge >= 0.3 is 0 Å². The molecule has 0 unspecified atom stereocenters. The van der Waals surface area contributed by atoms with Gasteiger partial charge in [-0.2, -0.15) is 5.10 Å². The van der Waals surface area contributed by atoms with Crippen molar-refractivity contribution in [2.75, 3.05) is 10.5 Å². The number of sulfonamides is 1. The third-order valence-electron chi connectivity index (χ3n) is 2.71. The van der Waals surface area contributed by atoms with Crippen LogP contribution in [0.4, 0.5) is 15.8 Å². The monoisotopic (exact) mass is 362 g/mol. The Labute approximate surface area is 123 Å². The van der Waals surface area contributed by atoms with Crippen molar-refractivity contribution < 1.29 is 12.8 Å². The first-order valence-corrected chi connectivity index (χ1v) is 7.79. The Balaban J connectivity index is 2.49. The van der Waals surface area contributed by atoms with Crippen molar-refractivity contribution in [3.05, 3.63) is 33.8 Å². The molecule has 0 radical (unpaired) electrons. The minimum Gasteiger partial charge on any atom is -0.398 e. The molecular weight excluding hydrogens is 351 g/mol. The standard InChI is InChI=1S/C11H12BrFN4O2S/c1-5-11(6(2)16-15-5)17-20(18,19)10-4-9(14)7(12)3-8(10)13/h3-4,17H,14H2,1-2H3,(H,15,16). The van der Waals surface area contributed by atoms with Gasteiger partial charge in [0, 0.05) is 10.2 Å². The molecule has 0 atom stereocenters. The fraction of sp³-hybridized carbons (Fsp3) is 0.182. The van der Waals surface area contributed by atoms with E-state index in [0.717, 1.165) is 12.1 Å². The summed E-state index contributed by atoms with van der Waals surface area (Å²) < 4.78 is 40.9. The first-order chi connectivity index (χ1) is 9.22. The summed E-state index contributed by atoms with van der Waals surface area (Å²) in [6, 6.07) is 2.07. The van der Waals surface area contributed by atoms with Crippen molar-refractivity contribution in [2.24, 2.45) is 0 Å². The lowest BCUT2D eigenvalue weighted by Gasteiger charge is -2.10. The Kier molecular flexibility index (Phi) is 3.74. The third-order valence-corrected chi connectivity index (χ3v) is 4.76. The summed E-state index contributed by atoms with van der Waals surface area (Å²) in [7, 11) is -4.08. The molecule has 1 aromatic carbocycles. The van der Waals surface area contributed by atoms with E-state index < -0.39 is 20.7 Å². The van der Waals surface area contributed by atoms with Crippen LogP contribution in [-0.2, 0) is 10.0 Å². The van der Waals surface area contributed by atoms with Gasteiger partial charge < -0.3 is 5.73 Å². The molecule has 20 heavy (non-hydrogen) atoms. The number of aromatic nitrogens is 2. The lowest BCUT2D eigenvalue weighted by molar-refractivity contribution is 0.570. The number of nitrogens with two attached hydrogens (primary N) is 1. The lowest BCUT2D eigenvalue weighted by atomic mass is 10.3. The number of aryl methyl sites for hydroxylation is 2. The van der Waals surface area contributed by atoms with Gasteiger partial charge in [0.15, 0.2) is 0 Å². The maximum atomic E-state index is 13.8. The molecule has 1 aromatic heterocycles.